The van der Waals surface area contributed by atoms with Crippen molar-refractivity contribution in [3.8, 4) is 11.3 Å². The molecule has 1 N–H and O–H groups in total. The van der Waals surface area contributed by atoms with Crippen LogP contribution < -0.4 is 5.32 Å². The highest BCUT2D eigenvalue weighted by molar-refractivity contribution is 5.94. The van der Waals surface area contributed by atoms with Crippen molar-refractivity contribution >= 4 is 5.91 Å². The van der Waals surface area contributed by atoms with Gasteiger partial charge in [0.25, 0.3) is 5.91 Å². The molecule has 0 aliphatic rings. The predicted octanol–water partition coefficient (Wildman–Crippen LogP) is 3.73. The average molecular weight is 377 g/mol. The van der Waals surface area contributed by atoms with Crippen LogP contribution in [0.4, 0.5) is 0 Å². The van der Waals surface area contributed by atoms with Gasteiger partial charge in [-0.25, -0.2) is 9.97 Å². The third-order valence-electron chi connectivity index (χ3n) is 4.83. The van der Waals surface area contributed by atoms with E-state index in [1.54, 1.807) is 6.20 Å². The van der Waals surface area contributed by atoms with Crippen molar-refractivity contribution in [1.82, 2.24) is 25.1 Å². The molecule has 1 unspecified atom stereocenters. The molecule has 0 radical (unpaired) electrons. The van der Waals surface area contributed by atoms with Crippen molar-refractivity contribution in [2.45, 2.75) is 53.1 Å². The molecule has 0 fully saturated rings. The highest BCUT2D eigenvalue weighted by atomic mass is 16.1. The Hall–Kier alpha value is -3.02. The van der Waals surface area contributed by atoms with Crippen LogP contribution in [0, 0.1) is 13.8 Å². The molecule has 6 heteroatoms. The van der Waals surface area contributed by atoms with Crippen LogP contribution in [-0.4, -0.2) is 31.7 Å². The Morgan fingerprint density at radius 3 is 2.57 bits per heavy atom. The zero-order valence-corrected chi connectivity index (χ0v) is 16.9. The molecular formula is C22H27N5O. The predicted molar refractivity (Wildman–Crippen MR) is 110 cm³/mol. The van der Waals surface area contributed by atoms with Crippen LogP contribution in [-0.2, 0) is 13.0 Å². The quantitative estimate of drug-likeness (QED) is 0.681. The Labute approximate surface area is 166 Å². The summed E-state index contributed by atoms with van der Waals surface area (Å²) in [6.45, 7) is 8.82. The molecule has 0 aliphatic carbocycles. The molecule has 0 saturated heterocycles. The van der Waals surface area contributed by atoms with E-state index < -0.39 is 0 Å². The van der Waals surface area contributed by atoms with Gasteiger partial charge in [-0.2, -0.15) is 5.10 Å². The normalized spacial score (nSPS) is 12.0. The Morgan fingerprint density at radius 2 is 1.93 bits per heavy atom. The van der Waals surface area contributed by atoms with E-state index in [1.807, 2.05) is 62.0 Å². The lowest BCUT2D eigenvalue weighted by molar-refractivity contribution is 0.0937. The van der Waals surface area contributed by atoms with Gasteiger partial charge >= 0.3 is 0 Å². The summed E-state index contributed by atoms with van der Waals surface area (Å²) in [6.07, 6.45) is 5.38. The molecule has 0 spiro atoms. The first kappa shape index (κ1) is 19.7. The lowest BCUT2D eigenvalue weighted by atomic mass is 10.0. The Balaban J connectivity index is 1.68. The highest BCUT2D eigenvalue weighted by Gasteiger charge is 2.13. The second-order valence-corrected chi connectivity index (χ2v) is 7.05. The maximum absolute atomic E-state index is 12.5. The van der Waals surface area contributed by atoms with Crippen LogP contribution in [0.15, 0.2) is 42.7 Å². The number of nitrogens with zero attached hydrogens (tertiary/aromatic N) is 4. The largest absolute Gasteiger partial charge is 0.350 e. The first-order valence-electron chi connectivity index (χ1n) is 9.70. The third-order valence-corrected chi connectivity index (χ3v) is 4.83. The summed E-state index contributed by atoms with van der Waals surface area (Å²) in [5, 5.41) is 7.24. The Kier molecular flexibility index (Phi) is 6.19. The molecule has 6 nitrogen and oxygen atoms in total. The van der Waals surface area contributed by atoms with Gasteiger partial charge in [0.1, 0.15) is 5.82 Å². The van der Waals surface area contributed by atoms with Crippen molar-refractivity contribution in [1.29, 1.82) is 0 Å². The zero-order valence-electron chi connectivity index (χ0n) is 16.9. The number of hydrogen-bond acceptors (Lipinski definition) is 4. The van der Waals surface area contributed by atoms with E-state index in [2.05, 4.69) is 27.3 Å². The topological polar surface area (TPSA) is 72.7 Å². The van der Waals surface area contributed by atoms with Gasteiger partial charge in [-0.15, -0.1) is 0 Å². The number of aromatic nitrogens is 4. The standard InChI is InChI=1S/C22H27N5O/c1-5-20-16(3)25-17(4)26-21(20)18-7-9-19(10-8-18)22(28)24-15(2)11-14-27-13-6-12-23-27/h6-10,12-13,15H,5,11,14H2,1-4H3,(H,24,28). The summed E-state index contributed by atoms with van der Waals surface area (Å²) in [5.74, 6) is 0.697. The Morgan fingerprint density at radius 1 is 1.18 bits per heavy atom. The summed E-state index contributed by atoms with van der Waals surface area (Å²) >= 11 is 0. The number of carbonyl (C=O) groups is 1. The van der Waals surface area contributed by atoms with Crippen LogP contribution >= 0.6 is 0 Å². The number of hydrogen-bond donors (Lipinski definition) is 1. The minimum Gasteiger partial charge on any atom is -0.350 e. The van der Waals surface area contributed by atoms with Crippen molar-refractivity contribution in [3.63, 3.8) is 0 Å². The molecule has 28 heavy (non-hydrogen) atoms. The van der Waals surface area contributed by atoms with Gasteiger partial charge in [0, 0.05) is 41.8 Å². The van der Waals surface area contributed by atoms with E-state index in [1.165, 1.54) is 0 Å². The molecule has 3 aromatic rings. The van der Waals surface area contributed by atoms with Gasteiger partial charge in [-0.1, -0.05) is 19.1 Å². The van der Waals surface area contributed by atoms with E-state index in [4.69, 9.17) is 0 Å². The molecule has 146 valence electrons. The van der Waals surface area contributed by atoms with Crippen LogP contribution in [0.2, 0.25) is 0 Å². The van der Waals surface area contributed by atoms with Gasteiger partial charge < -0.3 is 5.32 Å². The van der Waals surface area contributed by atoms with Crippen molar-refractivity contribution in [2.24, 2.45) is 0 Å². The maximum atomic E-state index is 12.5. The molecule has 1 aromatic carbocycles. The number of rotatable bonds is 7. The zero-order chi connectivity index (χ0) is 20.1. The van der Waals surface area contributed by atoms with E-state index in [9.17, 15) is 4.79 Å². The van der Waals surface area contributed by atoms with E-state index >= 15 is 0 Å². The van der Waals surface area contributed by atoms with Gasteiger partial charge in [0.15, 0.2) is 0 Å². The number of aryl methyl sites for hydroxylation is 3. The number of amides is 1. The van der Waals surface area contributed by atoms with Gasteiger partial charge in [0.05, 0.1) is 5.69 Å². The molecule has 1 amide bonds. The summed E-state index contributed by atoms with van der Waals surface area (Å²) in [7, 11) is 0. The Bertz CT molecular complexity index is 932. The molecule has 0 saturated carbocycles. The molecule has 0 bridgehead atoms. The molecule has 2 heterocycles. The fraction of sp³-hybridized carbons (Fsp3) is 0.364. The van der Waals surface area contributed by atoms with E-state index in [0.717, 1.165) is 47.7 Å². The van der Waals surface area contributed by atoms with Crippen molar-refractivity contribution in [2.75, 3.05) is 0 Å². The maximum Gasteiger partial charge on any atom is 0.251 e. The summed E-state index contributed by atoms with van der Waals surface area (Å²) in [5.41, 5.74) is 4.77. The SMILES string of the molecule is CCc1c(C)nc(C)nc1-c1ccc(C(=O)NC(C)CCn2cccn2)cc1. The van der Waals surface area contributed by atoms with Crippen molar-refractivity contribution < 1.29 is 4.79 Å². The second-order valence-electron chi connectivity index (χ2n) is 7.05. The average Bonchev–Trinajstić information content (AvgIpc) is 3.19. The fourth-order valence-corrected chi connectivity index (χ4v) is 3.32. The lowest BCUT2D eigenvalue weighted by Crippen LogP contribution is -2.33. The van der Waals surface area contributed by atoms with Crippen LogP contribution in [0.25, 0.3) is 11.3 Å². The molecule has 1 atom stereocenters. The van der Waals surface area contributed by atoms with E-state index in [0.29, 0.717) is 5.56 Å². The smallest absolute Gasteiger partial charge is 0.251 e. The van der Waals surface area contributed by atoms with Crippen molar-refractivity contribution in [3.05, 3.63) is 65.4 Å². The first-order valence-corrected chi connectivity index (χ1v) is 9.70. The fourth-order valence-electron chi connectivity index (χ4n) is 3.32. The summed E-state index contributed by atoms with van der Waals surface area (Å²) in [6, 6.07) is 9.60. The van der Waals surface area contributed by atoms with Crippen LogP contribution in [0.1, 0.15) is 47.7 Å². The summed E-state index contributed by atoms with van der Waals surface area (Å²) in [4.78, 5) is 21.6. The van der Waals surface area contributed by atoms with Gasteiger partial charge in [-0.3, -0.25) is 9.48 Å². The first-order chi connectivity index (χ1) is 13.5. The van der Waals surface area contributed by atoms with Gasteiger partial charge in [0.2, 0.25) is 0 Å². The third kappa shape index (κ3) is 4.63. The molecule has 2 aromatic heterocycles. The minimum absolute atomic E-state index is 0.0646. The molecule has 3 rings (SSSR count). The minimum atomic E-state index is -0.0646. The van der Waals surface area contributed by atoms with Gasteiger partial charge in [-0.05, 0) is 57.4 Å². The monoisotopic (exact) mass is 377 g/mol. The highest BCUT2D eigenvalue weighted by Crippen LogP contribution is 2.24. The molecular weight excluding hydrogens is 350 g/mol. The number of benzene rings is 1. The summed E-state index contributed by atoms with van der Waals surface area (Å²) < 4.78 is 1.87. The number of carbonyl (C=O) groups excluding carboxylic acids is 1. The lowest BCUT2D eigenvalue weighted by Gasteiger charge is -2.15. The van der Waals surface area contributed by atoms with Crippen LogP contribution in [0.3, 0.4) is 0 Å². The number of nitrogens with one attached hydrogen (secondary N) is 1. The molecule has 0 aliphatic heterocycles. The second kappa shape index (κ2) is 8.78. The van der Waals surface area contributed by atoms with Crippen LogP contribution in [0.5, 0.6) is 0 Å². The van der Waals surface area contributed by atoms with E-state index in [-0.39, 0.29) is 11.9 Å².